The van der Waals surface area contributed by atoms with Crippen LogP contribution in [0, 0.1) is 0 Å². The summed E-state index contributed by atoms with van der Waals surface area (Å²) in [6, 6.07) is 13.8. The fourth-order valence-electron chi connectivity index (χ4n) is 3.00. The average molecular weight is 448 g/mol. The first-order valence-electron chi connectivity index (χ1n) is 10.1. The molecule has 2 aromatic rings. The van der Waals surface area contributed by atoms with Gasteiger partial charge in [0.25, 0.3) is 5.91 Å². The Morgan fingerprint density at radius 3 is 2.29 bits per heavy atom. The fraction of sp³-hybridized carbons (Fsp3) is 0.364. The standard InChI is InChI=1S/C22H29N3O5S/c1-4-25(5-2)31(28,29)20-15-18(11-12-19(20)30-3)22(27)23-14-13-21(26)24-16-17-9-7-6-8-10-17/h6-12,15H,4-5,13-14,16H2,1-3H3,(H,23,27)(H,24,26). The summed E-state index contributed by atoms with van der Waals surface area (Å²) in [6.07, 6.45) is 0.110. The molecule has 0 saturated carbocycles. The molecule has 2 amide bonds. The molecule has 0 heterocycles. The van der Waals surface area contributed by atoms with Crippen molar-refractivity contribution in [1.82, 2.24) is 14.9 Å². The van der Waals surface area contributed by atoms with E-state index in [1.54, 1.807) is 13.8 Å². The van der Waals surface area contributed by atoms with E-state index < -0.39 is 15.9 Å². The van der Waals surface area contributed by atoms with Gasteiger partial charge in [0.05, 0.1) is 7.11 Å². The first kappa shape index (κ1) is 24.4. The molecule has 0 unspecified atom stereocenters. The molecule has 168 valence electrons. The van der Waals surface area contributed by atoms with Crippen molar-refractivity contribution < 1.29 is 22.7 Å². The molecule has 8 nitrogen and oxygen atoms in total. The number of methoxy groups -OCH3 is 1. The maximum absolute atomic E-state index is 12.9. The summed E-state index contributed by atoms with van der Waals surface area (Å²) in [5, 5.41) is 5.44. The lowest BCUT2D eigenvalue weighted by molar-refractivity contribution is -0.121. The van der Waals surface area contributed by atoms with Crippen molar-refractivity contribution in [3.8, 4) is 5.75 Å². The van der Waals surface area contributed by atoms with Crippen molar-refractivity contribution in [3.05, 3.63) is 59.7 Å². The SMILES string of the molecule is CCN(CC)S(=O)(=O)c1cc(C(=O)NCCC(=O)NCc2ccccc2)ccc1OC. The summed E-state index contributed by atoms with van der Waals surface area (Å²) in [4.78, 5) is 24.4. The Balaban J connectivity index is 1.99. The monoisotopic (exact) mass is 447 g/mol. The molecular weight excluding hydrogens is 418 g/mol. The van der Waals surface area contributed by atoms with Gasteiger partial charge in [-0.2, -0.15) is 4.31 Å². The van der Waals surface area contributed by atoms with E-state index >= 15 is 0 Å². The number of carbonyl (C=O) groups is 2. The number of nitrogens with one attached hydrogen (secondary N) is 2. The number of rotatable bonds is 11. The van der Waals surface area contributed by atoms with Crippen LogP contribution in [0.15, 0.2) is 53.4 Å². The van der Waals surface area contributed by atoms with E-state index in [1.807, 2.05) is 30.3 Å². The number of nitrogens with zero attached hydrogens (tertiary/aromatic N) is 1. The first-order valence-corrected chi connectivity index (χ1v) is 11.5. The highest BCUT2D eigenvalue weighted by molar-refractivity contribution is 7.89. The van der Waals surface area contributed by atoms with Crippen molar-refractivity contribution in [2.75, 3.05) is 26.7 Å². The predicted octanol–water partition coefficient (Wildman–Crippen LogP) is 2.16. The van der Waals surface area contributed by atoms with Gasteiger partial charge in [-0.05, 0) is 23.8 Å². The van der Waals surface area contributed by atoms with Gasteiger partial charge in [-0.3, -0.25) is 9.59 Å². The van der Waals surface area contributed by atoms with Crippen molar-refractivity contribution >= 4 is 21.8 Å². The minimum Gasteiger partial charge on any atom is -0.495 e. The molecule has 31 heavy (non-hydrogen) atoms. The van der Waals surface area contributed by atoms with Gasteiger partial charge in [0.2, 0.25) is 15.9 Å². The quantitative estimate of drug-likeness (QED) is 0.549. The third-order valence-electron chi connectivity index (χ3n) is 4.72. The van der Waals surface area contributed by atoms with E-state index in [-0.39, 0.29) is 35.1 Å². The van der Waals surface area contributed by atoms with Crippen molar-refractivity contribution in [3.63, 3.8) is 0 Å². The van der Waals surface area contributed by atoms with Crippen LogP contribution in [-0.2, 0) is 21.4 Å². The fourth-order valence-corrected chi connectivity index (χ4v) is 4.64. The van der Waals surface area contributed by atoms with Gasteiger partial charge in [0, 0.05) is 38.2 Å². The van der Waals surface area contributed by atoms with E-state index in [1.165, 1.54) is 29.6 Å². The third-order valence-corrected chi connectivity index (χ3v) is 6.79. The van der Waals surface area contributed by atoms with Crippen LogP contribution in [0.5, 0.6) is 5.75 Å². The van der Waals surface area contributed by atoms with Crippen molar-refractivity contribution in [2.24, 2.45) is 0 Å². The largest absolute Gasteiger partial charge is 0.495 e. The number of ether oxygens (including phenoxy) is 1. The zero-order valence-electron chi connectivity index (χ0n) is 18.1. The number of amides is 2. The molecule has 0 aliphatic carbocycles. The van der Waals surface area contributed by atoms with Crippen molar-refractivity contribution in [2.45, 2.75) is 31.7 Å². The molecule has 0 fully saturated rings. The Labute approximate surface area is 183 Å². The maximum atomic E-state index is 12.9. The molecule has 0 bridgehead atoms. The number of sulfonamides is 1. The first-order chi connectivity index (χ1) is 14.8. The third kappa shape index (κ3) is 6.53. The van der Waals surface area contributed by atoms with Crippen LogP contribution in [0.4, 0.5) is 0 Å². The number of carbonyl (C=O) groups excluding carboxylic acids is 2. The molecular formula is C22H29N3O5S. The normalized spacial score (nSPS) is 11.2. The van der Waals surface area contributed by atoms with Crippen LogP contribution < -0.4 is 15.4 Å². The Hall–Kier alpha value is -2.91. The zero-order valence-corrected chi connectivity index (χ0v) is 18.9. The smallest absolute Gasteiger partial charge is 0.251 e. The van der Waals surface area contributed by atoms with Crippen LogP contribution in [0.25, 0.3) is 0 Å². The van der Waals surface area contributed by atoms with Crippen molar-refractivity contribution in [1.29, 1.82) is 0 Å². The van der Waals surface area contributed by atoms with Crippen LogP contribution in [0.1, 0.15) is 36.2 Å². The molecule has 2 N–H and O–H groups in total. The van der Waals surface area contributed by atoms with Crippen LogP contribution in [0.2, 0.25) is 0 Å². The number of hydrogen-bond acceptors (Lipinski definition) is 5. The van der Waals surface area contributed by atoms with Gasteiger partial charge in [-0.1, -0.05) is 44.2 Å². The average Bonchev–Trinajstić information content (AvgIpc) is 2.78. The molecule has 0 aromatic heterocycles. The lowest BCUT2D eigenvalue weighted by atomic mass is 10.2. The number of benzene rings is 2. The molecule has 2 rings (SSSR count). The molecule has 0 saturated heterocycles. The van der Waals surface area contributed by atoms with Gasteiger partial charge < -0.3 is 15.4 Å². The Morgan fingerprint density at radius 2 is 1.68 bits per heavy atom. The number of hydrogen-bond donors (Lipinski definition) is 2. The highest BCUT2D eigenvalue weighted by Gasteiger charge is 2.26. The highest BCUT2D eigenvalue weighted by Crippen LogP contribution is 2.27. The van der Waals surface area contributed by atoms with E-state index in [0.29, 0.717) is 19.6 Å². The Kier molecular flexibility index (Phi) is 9.02. The highest BCUT2D eigenvalue weighted by atomic mass is 32.2. The van der Waals surface area contributed by atoms with E-state index in [2.05, 4.69) is 10.6 Å². The van der Waals surface area contributed by atoms with Gasteiger partial charge in [-0.25, -0.2) is 8.42 Å². The minimum absolute atomic E-state index is 0.0630. The predicted molar refractivity (Wildman–Crippen MR) is 118 cm³/mol. The lowest BCUT2D eigenvalue weighted by Crippen LogP contribution is -2.32. The van der Waals surface area contributed by atoms with Crippen LogP contribution in [-0.4, -0.2) is 51.3 Å². The van der Waals surface area contributed by atoms with E-state index in [4.69, 9.17) is 4.74 Å². The van der Waals surface area contributed by atoms with Crippen LogP contribution >= 0.6 is 0 Å². The second-order valence-corrected chi connectivity index (χ2v) is 8.63. The molecule has 0 aliphatic rings. The van der Waals surface area contributed by atoms with Gasteiger partial charge in [0.15, 0.2) is 0 Å². The topological polar surface area (TPSA) is 105 Å². The lowest BCUT2D eigenvalue weighted by Gasteiger charge is -2.20. The summed E-state index contributed by atoms with van der Waals surface area (Å²) in [5.41, 5.74) is 1.16. The molecule has 0 aliphatic heterocycles. The molecule has 9 heteroatoms. The summed E-state index contributed by atoms with van der Waals surface area (Å²) in [6.45, 7) is 4.63. The van der Waals surface area contributed by atoms with Gasteiger partial charge in [0.1, 0.15) is 10.6 Å². The zero-order chi connectivity index (χ0) is 22.9. The maximum Gasteiger partial charge on any atom is 0.251 e. The molecule has 2 aromatic carbocycles. The summed E-state index contributed by atoms with van der Waals surface area (Å²) in [5.74, 6) is -0.484. The van der Waals surface area contributed by atoms with Gasteiger partial charge in [-0.15, -0.1) is 0 Å². The Bertz CT molecular complexity index is 989. The molecule has 0 spiro atoms. The van der Waals surface area contributed by atoms with E-state index in [0.717, 1.165) is 5.56 Å². The summed E-state index contributed by atoms with van der Waals surface area (Å²) in [7, 11) is -2.42. The summed E-state index contributed by atoms with van der Waals surface area (Å²) >= 11 is 0. The summed E-state index contributed by atoms with van der Waals surface area (Å²) < 4.78 is 32.3. The second kappa shape index (κ2) is 11.5. The second-order valence-electron chi connectivity index (χ2n) is 6.72. The van der Waals surface area contributed by atoms with Gasteiger partial charge >= 0.3 is 0 Å². The minimum atomic E-state index is -3.80. The van der Waals surface area contributed by atoms with E-state index in [9.17, 15) is 18.0 Å². The van der Waals surface area contributed by atoms with Crippen LogP contribution in [0.3, 0.4) is 0 Å². The Morgan fingerprint density at radius 1 is 1.00 bits per heavy atom. The molecule has 0 atom stereocenters. The molecule has 0 radical (unpaired) electrons.